The van der Waals surface area contributed by atoms with Gasteiger partial charge in [0.15, 0.2) is 0 Å². The summed E-state index contributed by atoms with van der Waals surface area (Å²) in [6, 6.07) is -0.0642. The Hall–Kier alpha value is -4.02. The fraction of sp³-hybridized carbons (Fsp3) is 0.478. The Morgan fingerprint density at radius 1 is 1.05 bits per heavy atom. The minimum absolute atomic E-state index is 0.0642. The van der Waals surface area contributed by atoms with Gasteiger partial charge in [0.1, 0.15) is 11.9 Å². The summed E-state index contributed by atoms with van der Waals surface area (Å²) in [6.45, 7) is 10.1. The average Bonchev–Trinajstić information content (AvgIpc) is 3.53. The maximum absolute atomic E-state index is 10.6. The first-order chi connectivity index (χ1) is 18.4. The van der Waals surface area contributed by atoms with E-state index in [1.54, 1.807) is 0 Å². The van der Waals surface area contributed by atoms with Crippen LogP contribution in [-0.4, -0.2) is 65.7 Å². The Labute approximate surface area is 223 Å². The van der Waals surface area contributed by atoms with Crippen molar-refractivity contribution in [3.63, 3.8) is 0 Å². The minimum Gasteiger partial charge on any atom is -0.475 e. The number of fused-ring (bicyclic) bond motifs is 1. The fourth-order valence-corrected chi connectivity index (χ4v) is 3.59. The van der Waals surface area contributed by atoms with Crippen LogP contribution in [0.3, 0.4) is 0 Å². The fourth-order valence-electron chi connectivity index (χ4n) is 3.59. The maximum atomic E-state index is 10.6. The monoisotopic (exact) mass is 580 g/mol. The number of nitrogens with one attached hydrogen (secondary N) is 1. The van der Waals surface area contributed by atoms with Gasteiger partial charge in [-0.05, 0) is 37.9 Å². The standard InChI is InChI=1S/C19H24N6O.2C2HF3O2/c1-11(2)18-21-7-8-25(18)13(4)19-23-17(24-26-19)16-12(3)22-10-14-9-20-6-5-15(14)16;2*3-2(4,5)1(6)7/h7-8,10-11,13,20H,5-6,9H2,1-4H3;2*(H,6,7). The van der Waals surface area contributed by atoms with Gasteiger partial charge in [-0.25, -0.2) is 14.6 Å². The number of alkyl halides is 6. The van der Waals surface area contributed by atoms with Gasteiger partial charge in [0.2, 0.25) is 11.7 Å². The number of nitrogens with zero attached hydrogens (tertiary/aromatic N) is 5. The van der Waals surface area contributed by atoms with Crippen molar-refractivity contribution in [3.05, 3.63) is 47.1 Å². The highest BCUT2D eigenvalue weighted by Crippen LogP contribution is 2.30. The molecule has 3 aromatic rings. The van der Waals surface area contributed by atoms with Gasteiger partial charge in [-0.1, -0.05) is 19.0 Å². The number of aromatic nitrogens is 5. The van der Waals surface area contributed by atoms with Crippen LogP contribution in [-0.2, 0) is 22.6 Å². The molecule has 0 aliphatic carbocycles. The largest absolute Gasteiger partial charge is 0.490 e. The van der Waals surface area contributed by atoms with Gasteiger partial charge in [0.05, 0.1) is 0 Å². The van der Waals surface area contributed by atoms with Crippen molar-refractivity contribution in [1.29, 1.82) is 0 Å². The molecule has 0 aromatic carbocycles. The van der Waals surface area contributed by atoms with Crippen LogP contribution in [0.5, 0.6) is 0 Å². The van der Waals surface area contributed by atoms with Crippen molar-refractivity contribution in [2.75, 3.05) is 6.54 Å². The highest BCUT2D eigenvalue weighted by atomic mass is 19.4. The van der Waals surface area contributed by atoms with Crippen molar-refractivity contribution in [2.45, 2.75) is 65.0 Å². The number of pyridine rings is 1. The van der Waals surface area contributed by atoms with E-state index in [0.717, 1.165) is 36.6 Å². The number of carbonyl (C=O) groups is 2. The summed E-state index contributed by atoms with van der Waals surface area (Å²) < 4.78 is 71.2. The van der Waals surface area contributed by atoms with E-state index in [2.05, 4.69) is 45.8 Å². The number of aryl methyl sites for hydroxylation is 1. The van der Waals surface area contributed by atoms with Gasteiger partial charge in [-0.3, -0.25) is 4.98 Å². The number of halogens is 6. The minimum atomic E-state index is -5.08. The quantitative estimate of drug-likeness (QED) is 0.381. The molecule has 220 valence electrons. The molecule has 0 saturated carbocycles. The van der Waals surface area contributed by atoms with Crippen LogP contribution in [0.2, 0.25) is 0 Å². The number of aliphatic carboxylic acids is 2. The van der Waals surface area contributed by atoms with Crippen LogP contribution in [0.15, 0.2) is 23.1 Å². The molecular weight excluding hydrogens is 554 g/mol. The predicted molar refractivity (Wildman–Crippen MR) is 125 cm³/mol. The molecule has 3 N–H and O–H groups in total. The third kappa shape index (κ3) is 8.24. The van der Waals surface area contributed by atoms with Gasteiger partial charge < -0.3 is 24.6 Å². The topological polar surface area (TPSA) is 156 Å². The molecule has 0 spiro atoms. The van der Waals surface area contributed by atoms with Gasteiger partial charge >= 0.3 is 24.3 Å². The number of carboxylic acid groups (broad SMARTS) is 2. The first-order valence-corrected chi connectivity index (χ1v) is 11.6. The highest BCUT2D eigenvalue weighted by molar-refractivity contribution is 5.73. The number of imidazole rings is 1. The van der Waals surface area contributed by atoms with Crippen molar-refractivity contribution in [3.8, 4) is 11.4 Å². The summed E-state index contributed by atoms with van der Waals surface area (Å²) in [6.07, 6.45) is -3.48. The molecule has 4 rings (SSSR count). The summed E-state index contributed by atoms with van der Waals surface area (Å²) in [7, 11) is 0. The second-order valence-corrected chi connectivity index (χ2v) is 8.73. The van der Waals surface area contributed by atoms with E-state index in [4.69, 9.17) is 29.3 Å². The van der Waals surface area contributed by atoms with Crippen LogP contribution >= 0.6 is 0 Å². The lowest BCUT2D eigenvalue weighted by molar-refractivity contribution is -0.193. The van der Waals surface area contributed by atoms with E-state index in [1.807, 2.05) is 25.5 Å². The average molecular weight is 580 g/mol. The molecule has 4 heterocycles. The highest BCUT2D eigenvalue weighted by Gasteiger charge is 2.38. The lowest BCUT2D eigenvalue weighted by Gasteiger charge is -2.19. The number of rotatable bonds is 4. The van der Waals surface area contributed by atoms with Crippen LogP contribution in [0.4, 0.5) is 26.3 Å². The SMILES string of the molecule is Cc1ncc2c(c1-c1noc(C(C)n3ccnc3C(C)C)n1)CCNC2.O=C(O)C(F)(F)F.O=C(O)C(F)(F)F. The molecule has 0 radical (unpaired) electrons. The molecule has 40 heavy (non-hydrogen) atoms. The Bertz CT molecular complexity index is 1290. The molecular formula is C23H26F6N6O5. The van der Waals surface area contributed by atoms with E-state index in [-0.39, 0.29) is 6.04 Å². The van der Waals surface area contributed by atoms with Crippen molar-refractivity contribution in [1.82, 2.24) is 30.0 Å². The normalized spacial score (nSPS) is 13.9. The summed E-state index contributed by atoms with van der Waals surface area (Å²) in [5.41, 5.74) is 4.45. The molecule has 0 fully saturated rings. The van der Waals surface area contributed by atoms with Crippen molar-refractivity contribution >= 4 is 11.9 Å². The zero-order valence-corrected chi connectivity index (χ0v) is 21.6. The van der Waals surface area contributed by atoms with E-state index >= 15 is 0 Å². The molecule has 1 aliphatic heterocycles. The van der Waals surface area contributed by atoms with E-state index in [9.17, 15) is 26.3 Å². The first-order valence-electron chi connectivity index (χ1n) is 11.6. The Kier molecular flexibility index (Phi) is 10.4. The molecule has 0 amide bonds. The van der Waals surface area contributed by atoms with Crippen LogP contribution < -0.4 is 5.32 Å². The zero-order chi connectivity index (χ0) is 30.4. The Morgan fingerprint density at radius 3 is 2.15 bits per heavy atom. The van der Waals surface area contributed by atoms with Gasteiger partial charge in [-0.15, -0.1) is 0 Å². The molecule has 0 bridgehead atoms. The summed E-state index contributed by atoms with van der Waals surface area (Å²) in [5, 5.41) is 21.9. The van der Waals surface area contributed by atoms with E-state index in [0.29, 0.717) is 17.6 Å². The van der Waals surface area contributed by atoms with Crippen LogP contribution in [0.25, 0.3) is 11.4 Å². The number of carboxylic acids is 2. The Morgan fingerprint density at radius 2 is 1.62 bits per heavy atom. The summed E-state index contributed by atoms with van der Waals surface area (Å²) in [4.78, 5) is 31.5. The molecule has 11 nitrogen and oxygen atoms in total. The molecule has 17 heteroatoms. The molecule has 3 aromatic heterocycles. The third-order valence-electron chi connectivity index (χ3n) is 5.47. The lowest BCUT2D eigenvalue weighted by Crippen LogP contribution is -2.24. The second-order valence-electron chi connectivity index (χ2n) is 8.73. The van der Waals surface area contributed by atoms with Gasteiger partial charge in [0, 0.05) is 42.3 Å². The van der Waals surface area contributed by atoms with Gasteiger partial charge in [0.25, 0.3) is 0 Å². The first kappa shape index (κ1) is 32.2. The number of hydrogen-bond acceptors (Lipinski definition) is 8. The molecule has 1 unspecified atom stereocenters. The maximum Gasteiger partial charge on any atom is 0.490 e. The van der Waals surface area contributed by atoms with E-state index < -0.39 is 24.3 Å². The molecule has 1 aliphatic rings. The van der Waals surface area contributed by atoms with Crippen molar-refractivity contribution in [2.24, 2.45) is 0 Å². The molecule has 0 saturated heterocycles. The zero-order valence-electron chi connectivity index (χ0n) is 21.6. The third-order valence-corrected chi connectivity index (χ3v) is 5.47. The summed E-state index contributed by atoms with van der Waals surface area (Å²) >= 11 is 0. The Balaban J connectivity index is 0.000000333. The van der Waals surface area contributed by atoms with Crippen LogP contribution in [0.1, 0.15) is 61.3 Å². The predicted octanol–water partition coefficient (Wildman–Crippen LogP) is 4.28. The lowest BCUT2D eigenvalue weighted by atomic mass is 9.95. The second kappa shape index (κ2) is 12.9. The smallest absolute Gasteiger partial charge is 0.475 e. The van der Waals surface area contributed by atoms with Crippen molar-refractivity contribution < 1.29 is 50.7 Å². The van der Waals surface area contributed by atoms with Crippen LogP contribution in [0, 0.1) is 6.92 Å². The number of hydrogen-bond donors (Lipinski definition) is 3. The molecule has 1 atom stereocenters. The van der Waals surface area contributed by atoms with Gasteiger partial charge in [-0.2, -0.15) is 31.3 Å². The summed E-state index contributed by atoms with van der Waals surface area (Å²) in [5.74, 6) is -2.96. The van der Waals surface area contributed by atoms with E-state index in [1.165, 1.54) is 11.1 Å².